The molecule has 2 N–H and O–H groups in total. The van der Waals surface area contributed by atoms with Crippen molar-refractivity contribution in [2.24, 2.45) is 0 Å². The Labute approximate surface area is 218 Å². The summed E-state index contributed by atoms with van der Waals surface area (Å²) in [4.78, 5) is 0. The Morgan fingerprint density at radius 1 is 0.625 bits per heavy atom. The maximum Gasteiger partial charge on any atom is 0.119 e. The number of hydrogen-bond donors (Lipinski definition) is 2. The van der Waals surface area contributed by atoms with Crippen LogP contribution < -0.4 is 10.4 Å². The summed E-state index contributed by atoms with van der Waals surface area (Å²) < 4.78 is 0. The number of benzene rings is 2. The van der Waals surface area contributed by atoms with Gasteiger partial charge in [-0.05, 0) is 48.2 Å². The fraction of sp³-hybridized carbons (Fsp3) is 0.333. The SMILES string of the molecule is Cc1cc2c(cc1O)-c1cc(O)c(C)cc1[Si](C)(C)[Si]2(C)C.[Ac].[Ac]. The van der Waals surface area contributed by atoms with E-state index in [1.54, 1.807) is 0 Å². The van der Waals surface area contributed by atoms with Gasteiger partial charge in [0.2, 0.25) is 0 Å². The quantitative estimate of drug-likeness (QED) is 0.404. The summed E-state index contributed by atoms with van der Waals surface area (Å²) in [7, 11) is -3.28. The maximum atomic E-state index is 10.2. The first-order valence-electron chi connectivity index (χ1n) is 7.76. The van der Waals surface area contributed by atoms with Crippen molar-refractivity contribution >= 4 is 25.6 Å². The molecule has 6 heteroatoms. The second-order valence-corrected chi connectivity index (χ2v) is 22.7. The van der Waals surface area contributed by atoms with Gasteiger partial charge in [0.1, 0.15) is 11.5 Å². The predicted molar refractivity (Wildman–Crippen MR) is 98.9 cm³/mol. The minimum Gasteiger partial charge on any atom is -0.508 e. The van der Waals surface area contributed by atoms with Crippen molar-refractivity contribution in [1.82, 2.24) is 0 Å². The van der Waals surface area contributed by atoms with Crippen LogP contribution in [-0.2, 0) is 0 Å². The summed E-state index contributed by atoms with van der Waals surface area (Å²) in [6.07, 6.45) is 0. The summed E-state index contributed by atoms with van der Waals surface area (Å²) in [6, 6.07) is 8.17. The first-order valence-corrected chi connectivity index (χ1v) is 14.8. The Morgan fingerprint density at radius 2 is 0.917 bits per heavy atom. The van der Waals surface area contributed by atoms with E-state index in [4.69, 9.17) is 0 Å². The molecule has 0 aliphatic carbocycles. The van der Waals surface area contributed by atoms with Gasteiger partial charge in [0.05, 0.1) is 15.2 Å². The Hall–Kier alpha value is 1.36. The third-order valence-electron chi connectivity index (χ3n) is 5.87. The molecule has 0 atom stereocenters. The topological polar surface area (TPSA) is 40.5 Å². The van der Waals surface area contributed by atoms with Gasteiger partial charge < -0.3 is 10.2 Å². The van der Waals surface area contributed by atoms with Gasteiger partial charge in [0, 0.05) is 88.1 Å². The van der Waals surface area contributed by atoms with Crippen molar-refractivity contribution in [1.29, 1.82) is 0 Å². The van der Waals surface area contributed by atoms with Gasteiger partial charge in [-0.15, -0.1) is 0 Å². The molecule has 2 radical (unpaired) electrons. The second-order valence-electron chi connectivity index (χ2n) is 7.62. The molecule has 0 fully saturated rings. The maximum absolute atomic E-state index is 10.2. The average molecular weight is 783 g/mol. The molecule has 0 unspecified atom stereocenters. The van der Waals surface area contributed by atoms with E-state index < -0.39 is 15.2 Å². The van der Waals surface area contributed by atoms with E-state index in [2.05, 4.69) is 38.3 Å². The molecule has 1 aliphatic rings. The van der Waals surface area contributed by atoms with Crippen molar-refractivity contribution < 1.29 is 98.3 Å². The predicted octanol–water partition coefficient (Wildman–Crippen LogP) is 3.30. The molecule has 24 heavy (non-hydrogen) atoms. The molecule has 0 saturated heterocycles. The van der Waals surface area contributed by atoms with E-state index >= 15 is 0 Å². The Kier molecular flexibility index (Phi) is 7.57. The molecule has 0 amide bonds. The minimum atomic E-state index is -1.64. The zero-order chi connectivity index (χ0) is 16.4. The van der Waals surface area contributed by atoms with E-state index in [0.717, 1.165) is 22.3 Å². The van der Waals surface area contributed by atoms with Crippen molar-refractivity contribution in [2.45, 2.75) is 40.0 Å². The van der Waals surface area contributed by atoms with Crippen LogP contribution in [0.2, 0.25) is 26.2 Å². The van der Waals surface area contributed by atoms with Gasteiger partial charge in [-0.1, -0.05) is 48.7 Å². The molecule has 0 spiro atoms. The van der Waals surface area contributed by atoms with E-state index in [-0.39, 0.29) is 88.1 Å². The number of phenolic OH excluding ortho intramolecular Hbond substituents is 2. The number of aromatic hydroxyl groups is 2. The van der Waals surface area contributed by atoms with Crippen molar-refractivity contribution in [3.63, 3.8) is 0 Å². The van der Waals surface area contributed by atoms with Gasteiger partial charge in [0.25, 0.3) is 0 Å². The molecule has 0 aromatic heterocycles. The van der Waals surface area contributed by atoms with Gasteiger partial charge >= 0.3 is 0 Å². The summed E-state index contributed by atoms with van der Waals surface area (Å²) in [5.74, 6) is 0.687. The van der Waals surface area contributed by atoms with Crippen LogP contribution in [0, 0.1) is 102 Å². The fourth-order valence-corrected chi connectivity index (χ4v) is 13.1. The third kappa shape index (κ3) is 3.43. The summed E-state index contributed by atoms with van der Waals surface area (Å²) in [5.41, 5.74) is 4.14. The van der Waals surface area contributed by atoms with Gasteiger partial charge in [0.15, 0.2) is 0 Å². The molecule has 122 valence electrons. The van der Waals surface area contributed by atoms with Gasteiger partial charge in [-0.2, -0.15) is 0 Å². The molecular weight excluding hydrogens is 758 g/mol. The third-order valence-corrected chi connectivity index (χ3v) is 23.5. The van der Waals surface area contributed by atoms with Crippen molar-refractivity contribution in [3.05, 3.63) is 35.4 Å². The van der Waals surface area contributed by atoms with E-state index in [0.29, 0.717) is 11.5 Å². The second kappa shape index (κ2) is 7.77. The first kappa shape index (κ1) is 23.4. The van der Waals surface area contributed by atoms with Crippen molar-refractivity contribution in [2.75, 3.05) is 0 Å². The van der Waals surface area contributed by atoms with Crippen LogP contribution >= 0.6 is 0 Å². The molecule has 2 nitrogen and oxygen atoms in total. The minimum absolute atomic E-state index is 0. The molecule has 3 rings (SSSR count). The van der Waals surface area contributed by atoms with Crippen LogP contribution in [0.15, 0.2) is 24.3 Å². The summed E-state index contributed by atoms with van der Waals surface area (Å²) >= 11 is 0. The Balaban J connectivity index is 0.00000144. The molecule has 2 aromatic carbocycles. The molecule has 1 heterocycles. The van der Waals surface area contributed by atoms with Crippen LogP contribution in [0.25, 0.3) is 11.1 Å². The number of hydrogen-bond acceptors (Lipinski definition) is 2. The Bertz CT molecular complexity index is 735. The fourth-order valence-electron chi connectivity index (χ4n) is 3.55. The normalized spacial score (nSPS) is 16.2. The van der Waals surface area contributed by atoms with Crippen LogP contribution in [0.5, 0.6) is 11.5 Å². The largest absolute Gasteiger partial charge is 0.508 e. The molecule has 1 aliphatic heterocycles. The summed E-state index contributed by atoms with van der Waals surface area (Å²) in [5, 5.41) is 23.2. The zero-order valence-electron chi connectivity index (χ0n) is 15.4. The van der Waals surface area contributed by atoms with Crippen LogP contribution in [0.4, 0.5) is 0 Å². The van der Waals surface area contributed by atoms with Crippen LogP contribution in [0.1, 0.15) is 11.1 Å². The van der Waals surface area contributed by atoms with Gasteiger partial charge in [-0.25, -0.2) is 0 Å². The van der Waals surface area contributed by atoms with E-state index in [1.165, 1.54) is 10.4 Å². The van der Waals surface area contributed by atoms with E-state index in [9.17, 15) is 10.2 Å². The Morgan fingerprint density at radius 3 is 1.21 bits per heavy atom. The first-order chi connectivity index (χ1) is 10.1. The molecular formula is C18H24Ac2O2Si2. The number of aryl methyl sites for hydroxylation is 2. The van der Waals surface area contributed by atoms with Gasteiger partial charge in [-0.3, -0.25) is 0 Å². The van der Waals surface area contributed by atoms with E-state index in [1.807, 2.05) is 26.0 Å². The van der Waals surface area contributed by atoms with Crippen LogP contribution in [0.3, 0.4) is 0 Å². The number of phenols is 2. The monoisotopic (exact) mass is 782 g/mol. The van der Waals surface area contributed by atoms with Crippen LogP contribution in [-0.4, -0.2) is 25.4 Å². The summed E-state index contributed by atoms with van der Waals surface area (Å²) in [6.45, 7) is 13.8. The number of fused-ring (bicyclic) bond motifs is 3. The van der Waals surface area contributed by atoms with Crippen molar-refractivity contribution in [3.8, 4) is 22.6 Å². The average Bonchev–Trinajstić information content (AvgIpc) is 2.42. The standard InChI is InChI=1S/C18H24O2Si2.2Ac/c1-11-7-17-13(9-15(11)19)14-10-16(20)12(2)8-18(14)22(5,6)21(17,3)4;;/h7-10,19-20H,1-6H3;;. The molecule has 0 bridgehead atoms. The molecule has 2 aromatic rings. The zero-order valence-corrected chi connectivity index (χ0v) is 26.8. The number of rotatable bonds is 0. The molecule has 0 saturated carbocycles. The smallest absolute Gasteiger partial charge is 0.119 e.